The van der Waals surface area contributed by atoms with Crippen LogP contribution < -0.4 is 5.32 Å². The van der Waals surface area contributed by atoms with Gasteiger partial charge >= 0.3 is 0 Å². The SMILES string of the molecule is O=C1CC(c2ccccc2)c2c(n[nH]c2C2=CC=C2)N1. The number of H-pyrrole nitrogens is 1. The van der Waals surface area contributed by atoms with Crippen LogP contribution in [0.25, 0.3) is 5.57 Å². The molecule has 2 N–H and O–H groups in total. The highest BCUT2D eigenvalue weighted by Gasteiger charge is 2.32. The third kappa shape index (κ3) is 1.61. The Bertz CT molecular complexity index is 740. The molecule has 2 aliphatic rings. The minimum Gasteiger partial charge on any atom is -0.309 e. The van der Waals surface area contributed by atoms with E-state index in [0.717, 1.165) is 22.4 Å². The topological polar surface area (TPSA) is 57.8 Å². The summed E-state index contributed by atoms with van der Waals surface area (Å²) in [5.41, 5.74) is 4.38. The van der Waals surface area contributed by atoms with Gasteiger partial charge in [-0.3, -0.25) is 9.89 Å². The van der Waals surface area contributed by atoms with Crippen LogP contribution in [-0.4, -0.2) is 16.1 Å². The van der Waals surface area contributed by atoms with Crippen LogP contribution in [0.2, 0.25) is 0 Å². The molecule has 0 fully saturated rings. The molecule has 1 aliphatic heterocycles. The quantitative estimate of drug-likeness (QED) is 0.875. The van der Waals surface area contributed by atoms with Crippen LogP contribution in [0, 0.1) is 0 Å². The highest BCUT2D eigenvalue weighted by molar-refractivity contribution is 5.96. The number of anilines is 1. The molecule has 1 atom stereocenters. The van der Waals surface area contributed by atoms with Gasteiger partial charge in [0.15, 0.2) is 5.82 Å². The molecule has 1 aliphatic carbocycles. The lowest BCUT2D eigenvalue weighted by atomic mass is 9.83. The number of nitrogens with zero attached hydrogens (tertiary/aromatic N) is 1. The number of aromatic amines is 1. The number of nitrogens with one attached hydrogen (secondary N) is 2. The lowest BCUT2D eigenvalue weighted by Gasteiger charge is -2.24. The van der Waals surface area contributed by atoms with Crippen molar-refractivity contribution in [3.63, 3.8) is 0 Å². The van der Waals surface area contributed by atoms with Gasteiger partial charge in [-0.1, -0.05) is 48.6 Å². The summed E-state index contributed by atoms with van der Waals surface area (Å²) in [6.45, 7) is 0. The Morgan fingerprint density at radius 2 is 2.00 bits per heavy atom. The zero-order valence-electron chi connectivity index (χ0n) is 10.8. The van der Waals surface area contributed by atoms with Gasteiger partial charge in [0.1, 0.15) is 0 Å². The summed E-state index contributed by atoms with van der Waals surface area (Å²) in [7, 11) is 0. The summed E-state index contributed by atoms with van der Waals surface area (Å²) in [5, 5.41) is 10.2. The smallest absolute Gasteiger partial charge is 0.226 e. The van der Waals surface area contributed by atoms with Crippen LogP contribution in [0.4, 0.5) is 5.82 Å². The first kappa shape index (κ1) is 11.2. The Morgan fingerprint density at radius 3 is 2.70 bits per heavy atom. The van der Waals surface area contributed by atoms with Gasteiger partial charge in [-0.15, -0.1) is 0 Å². The van der Waals surface area contributed by atoms with E-state index in [9.17, 15) is 4.79 Å². The number of carbonyl (C=O) groups is 1. The number of benzene rings is 1. The highest BCUT2D eigenvalue weighted by Crippen LogP contribution is 2.41. The van der Waals surface area contributed by atoms with Gasteiger partial charge in [-0.2, -0.15) is 5.10 Å². The monoisotopic (exact) mass is 263 g/mol. The molecule has 1 aromatic carbocycles. The van der Waals surface area contributed by atoms with E-state index in [1.165, 1.54) is 0 Å². The Balaban J connectivity index is 1.86. The summed E-state index contributed by atoms with van der Waals surface area (Å²) in [6.07, 6.45) is 6.56. The number of hydrogen-bond acceptors (Lipinski definition) is 2. The highest BCUT2D eigenvalue weighted by atomic mass is 16.1. The van der Waals surface area contributed by atoms with Crippen molar-refractivity contribution in [2.75, 3.05) is 5.32 Å². The third-order valence-corrected chi connectivity index (χ3v) is 3.84. The van der Waals surface area contributed by atoms with Crippen LogP contribution in [0.5, 0.6) is 0 Å². The number of rotatable bonds is 2. The maximum absolute atomic E-state index is 11.9. The molecule has 1 unspecified atom stereocenters. The van der Waals surface area contributed by atoms with Crippen molar-refractivity contribution in [1.29, 1.82) is 0 Å². The molecular formula is C16H13N3O. The number of aromatic nitrogens is 2. The van der Waals surface area contributed by atoms with Crippen molar-refractivity contribution >= 4 is 17.3 Å². The molecule has 0 saturated carbocycles. The molecule has 1 aromatic heterocycles. The minimum atomic E-state index is 0.0162. The van der Waals surface area contributed by atoms with E-state index in [4.69, 9.17) is 0 Å². The number of amides is 1. The normalized spacial score (nSPS) is 19.9. The van der Waals surface area contributed by atoms with Crippen molar-refractivity contribution in [2.45, 2.75) is 12.3 Å². The molecule has 2 aromatic rings. The molecule has 0 radical (unpaired) electrons. The Kier molecular flexibility index (Phi) is 2.36. The molecule has 2 heterocycles. The first-order chi connectivity index (χ1) is 9.83. The van der Waals surface area contributed by atoms with Crippen LogP contribution >= 0.6 is 0 Å². The molecule has 98 valence electrons. The zero-order valence-corrected chi connectivity index (χ0v) is 10.8. The fourth-order valence-corrected chi connectivity index (χ4v) is 2.80. The van der Waals surface area contributed by atoms with Gasteiger partial charge in [0, 0.05) is 17.9 Å². The van der Waals surface area contributed by atoms with E-state index < -0.39 is 0 Å². The van der Waals surface area contributed by atoms with Crippen LogP contribution in [0.3, 0.4) is 0 Å². The molecule has 20 heavy (non-hydrogen) atoms. The molecule has 0 saturated heterocycles. The summed E-state index contributed by atoms with van der Waals surface area (Å²) >= 11 is 0. The molecule has 0 bridgehead atoms. The first-order valence-corrected chi connectivity index (χ1v) is 6.65. The lowest BCUT2D eigenvalue weighted by molar-refractivity contribution is -0.116. The van der Waals surface area contributed by atoms with Crippen molar-refractivity contribution in [1.82, 2.24) is 10.2 Å². The zero-order chi connectivity index (χ0) is 13.5. The molecular weight excluding hydrogens is 250 g/mol. The second-order valence-electron chi connectivity index (χ2n) is 5.06. The van der Waals surface area contributed by atoms with Gasteiger partial charge in [-0.05, 0) is 11.1 Å². The average Bonchev–Trinajstić information content (AvgIpc) is 2.80. The molecule has 1 amide bonds. The van der Waals surface area contributed by atoms with E-state index >= 15 is 0 Å². The van der Waals surface area contributed by atoms with Crippen LogP contribution in [0.1, 0.15) is 29.2 Å². The number of carbonyl (C=O) groups excluding carboxylic acids is 1. The predicted octanol–water partition coefficient (Wildman–Crippen LogP) is 2.84. The van der Waals surface area contributed by atoms with E-state index in [-0.39, 0.29) is 11.8 Å². The summed E-state index contributed by atoms with van der Waals surface area (Å²) < 4.78 is 0. The first-order valence-electron chi connectivity index (χ1n) is 6.65. The summed E-state index contributed by atoms with van der Waals surface area (Å²) in [5.74, 6) is 0.734. The molecule has 4 nitrogen and oxygen atoms in total. The van der Waals surface area contributed by atoms with Crippen molar-refractivity contribution in [3.05, 3.63) is 65.4 Å². The average molecular weight is 263 g/mol. The van der Waals surface area contributed by atoms with E-state index in [2.05, 4.69) is 27.6 Å². The molecule has 4 heteroatoms. The van der Waals surface area contributed by atoms with E-state index in [1.54, 1.807) is 0 Å². The van der Waals surface area contributed by atoms with Crippen LogP contribution in [0.15, 0.2) is 48.6 Å². The van der Waals surface area contributed by atoms with Crippen LogP contribution in [-0.2, 0) is 4.79 Å². The van der Waals surface area contributed by atoms with E-state index in [1.807, 2.05) is 36.4 Å². The van der Waals surface area contributed by atoms with Gasteiger partial charge in [0.05, 0.1) is 5.69 Å². The van der Waals surface area contributed by atoms with Gasteiger partial charge in [0.25, 0.3) is 0 Å². The minimum absolute atomic E-state index is 0.0162. The molecule has 4 rings (SSSR count). The second kappa shape index (κ2) is 4.20. The number of allylic oxidation sites excluding steroid dienone is 4. The van der Waals surface area contributed by atoms with Gasteiger partial charge in [0.2, 0.25) is 5.91 Å². The summed E-state index contributed by atoms with van der Waals surface area (Å²) in [6, 6.07) is 10.1. The van der Waals surface area contributed by atoms with Crippen molar-refractivity contribution in [3.8, 4) is 0 Å². The standard InChI is InChI=1S/C16H13N3O/c20-13-9-12(10-5-2-1-3-6-10)14-15(11-7-4-8-11)18-19-16(14)17-13/h1-8,12H,9H2,(H2,17,18,19,20). The Labute approximate surface area is 116 Å². The maximum atomic E-state index is 11.9. The Morgan fingerprint density at radius 1 is 1.20 bits per heavy atom. The number of hydrogen-bond donors (Lipinski definition) is 2. The Hall–Kier alpha value is -2.62. The fourth-order valence-electron chi connectivity index (χ4n) is 2.80. The van der Waals surface area contributed by atoms with Crippen molar-refractivity contribution in [2.24, 2.45) is 0 Å². The largest absolute Gasteiger partial charge is 0.309 e. The maximum Gasteiger partial charge on any atom is 0.226 e. The van der Waals surface area contributed by atoms with E-state index in [0.29, 0.717) is 12.2 Å². The van der Waals surface area contributed by atoms with Crippen molar-refractivity contribution < 1.29 is 4.79 Å². The number of fused-ring (bicyclic) bond motifs is 1. The van der Waals surface area contributed by atoms with Gasteiger partial charge in [-0.25, -0.2) is 0 Å². The summed E-state index contributed by atoms with van der Waals surface area (Å²) in [4.78, 5) is 11.9. The van der Waals surface area contributed by atoms with Gasteiger partial charge < -0.3 is 5.32 Å². The second-order valence-corrected chi connectivity index (χ2v) is 5.06. The predicted molar refractivity (Wildman–Crippen MR) is 77.2 cm³/mol. The fraction of sp³-hybridized carbons (Fsp3) is 0.125. The molecule has 0 spiro atoms. The lowest BCUT2D eigenvalue weighted by Crippen LogP contribution is -2.23. The third-order valence-electron chi connectivity index (χ3n) is 3.84.